The van der Waals surface area contributed by atoms with E-state index < -0.39 is 11.7 Å². The van der Waals surface area contributed by atoms with Crippen molar-refractivity contribution in [1.29, 1.82) is 0 Å². The molecule has 0 bridgehead atoms. The molecule has 1 fully saturated rings. The van der Waals surface area contributed by atoms with E-state index in [1.54, 1.807) is 17.4 Å². The highest BCUT2D eigenvalue weighted by atomic mass is 32.1. The van der Waals surface area contributed by atoms with Crippen molar-refractivity contribution in [3.05, 3.63) is 57.1 Å². The lowest BCUT2D eigenvalue weighted by atomic mass is 9.96. The Hall–Kier alpha value is -2.75. The molecule has 3 aromatic heterocycles. The number of rotatable bonds is 4. The van der Waals surface area contributed by atoms with Crippen LogP contribution in [0.1, 0.15) is 29.1 Å². The van der Waals surface area contributed by atoms with Crippen molar-refractivity contribution in [2.45, 2.75) is 39.4 Å². The number of alkyl halides is 3. The Kier molecular flexibility index (Phi) is 5.83. The van der Waals surface area contributed by atoms with Gasteiger partial charge in [-0.25, -0.2) is 14.6 Å². The van der Waals surface area contributed by atoms with Gasteiger partial charge >= 0.3 is 6.18 Å². The predicted molar refractivity (Wildman–Crippen MR) is 113 cm³/mol. The van der Waals surface area contributed by atoms with E-state index >= 15 is 0 Å². The van der Waals surface area contributed by atoms with Crippen molar-refractivity contribution in [1.82, 2.24) is 19.7 Å². The van der Waals surface area contributed by atoms with E-state index in [-0.39, 0.29) is 11.5 Å². The van der Waals surface area contributed by atoms with Gasteiger partial charge in [0.15, 0.2) is 0 Å². The Morgan fingerprint density at radius 1 is 1.16 bits per heavy atom. The Morgan fingerprint density at radius 2 is 1.90 bits per heavy atom. The number of anilines is 1. The first-order valence-electron chi connectivity index (χ1n) is 10.0. The van der Waals surface area contributed by atoms with Crippen molar-refractivity contribution in [3.8, 4) is 10.6 Å². The molecule has 0 unspecified atom stereocenters. The van der Waals surface area contributed by atoms with Crippen molar-refractivity contribution in [3.63, 3.8) is 0 Å². The van der Waals surface area contributed by atoms with Gasteiger partial charge in [-0.05, 0) is 50.8 Å². The zero-order valence-corrected chi connectivity index (χ0v) is 18.0. The van der Waals surface area contributed by atoms with Gasteiger partial charge in [0.05, 0.1) is 21.1 Å². The summed E-state index contributed by atoms with van der Waals surface area (Å²) in [7, 11) is 0. The molecule has 0 N–H and O–H groups in total. The van der Waals surface area contributed by atoms with Gasteiger partial charge in [0.1, 0.15) is 11.5 Å². The largest absolute Gasteiger partial charge is 0.416 e. The van der Waals surface area contributed by atoms with Crippen LogP contribution >= 0.6 is 11.3 Å². The second-order valence-electron chi connectivity index (χ2n) is 7.72. The lowest BCUT2D eigenvalue weighted by Gasteiger charge is -2.33. The van der Waals surface area contributed by atoms with E-state index in [1.165, 1.54) is 16.9 Å². The van der Waals surface area contributed by atoms with Crippen molar-refractivity contribution >= 4 is 17.2 Å². The molecule has 0 radical (unpaired) electrons. The van der Waals surface area contributed by atoms with Crippen LogP contribution in [0.25, 0.3) is 10.6 Å². The maximum absolute atomic E-state index is 13.0. The van der Waals surface area contributed by atoms with Gasteiger partial charge in [0.2, 0.25) is 0 Å². The number of piperidine rings is 1. The van der Waals surface area contributed by atoms with Gasteiger partial charge in [-0.2, -0.15) is 18.3 Å². The maximum Gasteiger partial charge on any atom is 0.416 e. The van der Waals surface area contributed by atoms with Gasteiger partial charge in [-0.3, -0.25) is 4.79 Å². The van der Waals surface area contributed by atoms with E-state index in [0.717, 1.165) is 46.2 Å². The summed E-state index contributed by atoms with van der Waals surface area (Å²) in [6.45, 7) is 5.51. The molecule has 4 rings (SSSR count). The van der Waals surface area contributed by atoms with Crippen LogP contribution in [0.15, 0.2) is 35.3 Å². The van der Waals surface area contributed by atoms with Crippen molar-refractivity contribution in [2.75, 3.05) is 18.0 Å². The smallest absolute Gasteiger partial charge is 0.357 e. The number of halogens is 3. The predicted octanol–water partition coefficient (Wildman–Crippen LogP) is 4.31. The highest BCUT2D eigenvalue weighted by molar-refractivity contribution is 7.15. The summed E-state index contributed by atoms with van der Waals surface area (Å²) in [4.78, 5) is 23.7. The Bertz CT molecular complexity index is 1130. The first-order valence-corrected chi connectivity index (χ1v) is 10.8. The SMILES string of the molecule is Cc1nc(C)c(-c2ccc(=O)n(CC3CCN(c4cc(C(F)(F)F)ccn4)CC3)n2)s1. The topological polar surface area (TPSA) is 63.9 Å². The summed E-state index contributed by atoms with van der Waals surface area (Å²) in [5.74, 6) is 0.549. The zero-order valence-electron chi connectivity index (χ0n) is 17.2. The first-order chi connectivity index (χ1) is 14.7. The average Bonchev–Trinajstić information content (AvgIpc) is 3.08. The van der Waals surface area contributed by atoms with Crippen LogP contribution in [-0.2, 0) is 12.7 Å². The molecule has 0 spiro atoms. The average molecular weight is 450 g/mol. The molecule has 164 valence electrons. The second kappa shape index (κ2) is 8.41. The monoisotopic (exact) mass is 449 g/mol. The molecule has 6 nitrogen and oxygen atoms in total. The van der Waals surface area contributed by atoms with Gasteiger partial charge in [-0.1, -0.05) is 0 Å². The van der Waals surface area contributed by atoms with Crippen LogP contribution in [0, 0.1) is 19.8 Å². The molecule has 31 heavy (non-hydrogen) atoms. The van der Waals surface area contributed by atoms with Gasteiger partial charge in [0, 0.05) is 31.9 Å². The maximum atomic E-state index is 13.0. The minimum atomic E-state index is -4.39. The van der Waals surface area contributed by atoms with E-state index in [2.05, 4.69) is 15.1 Å². The summed E-state index contributed by atoms with van der Waals surface area (Å²) >= 11 is 1.55. The van der Waals surface area contributed by atoms with Crippen LogP contribution in [0.3, 0.4) is 0 Å². The number of hydrogen-bond donors (Lipinski definition) is 0. The first kappa shape index (κ1) is 21.5. The Labute approximate surface area is 181 Å². The van der Waals surface area contributed by atoms with Gasteiger partial charge in [-0.15, -0.1) is 11.3 Å². The Morgan fingerprint density at radius 3 is 2.55 bits per heavy atom. The highest BCUT2D eigenvalue weighted by Gasteiger charge is 2.31. The van der Waals surface area contributed by atoms with Crippen molar-refractivity contribution < 1.29 is 13.2 Å². The summed E-state index contributed by atoms with van der Waals surface area (Å²) in [6, 6.07) is 5.32. The standard InChI is InChI=1S/C21H22F3N5OS/c1-13-20(31-14(2)26-13)17-3-4-19(30)29(27-17)12-15-6-9-28(10-7-15)18-11-16(5-8-25-18)21(22,23)24/h3-5,8,11,15H,6-7,9-10,12H2,1-2H3. The van der Waals surface area contributed by atoms with Crippen LogP contribution in [0.4, 0.5) is 19.0 Å². The van der Waals surface area contributed by atoms with E-state index in [4.69, 9.17) is 0 Å². The summed E-state index contributed by atoms with van der Waals surface area (Å²) < 4.78 is 40.4. The third kappa shape index (κ3) is 4.79. The van der Waals surface area contributed by atoms with Crippen LogP contribution in [0.5, 0.6) is 0 Å². The zero-order chi connectivity index (χ0) is 22.2. The molecule has 3 aromatic rings. The third-order valence-corrected chi connectivity index (χ3v) is 6.54. The van der Waals surface area contributed by atoms with Crippen LogP contribution < -0.4 is 10.5 Å². The van der Waals surface area contributed by atoms with E-state index in [1.807, 2.05) is 18.7 Å². The molecule has 0 atom stereocenters. The van der Waals surface area contributed by atoms with Gasteiger partial charge in [0.25, 0.3) is 5.56 Å². The third-order valence-electron chi connectivity index (χ3n) is 5.45. The minimum absolute atomic E-state index is 0.162. The fourth-order valence-electron chi connectivity index (χ4n) is 3.83. The molecular weight excluding hydrogens is 427 g/mol. The molecule has 4 heterocycles. The van der Waals surface area contributed by atoms with Crippen LogP contribution in [0.2, 0.25) is 0 Å². The molecule has 0 aliphatic carbocycles. The molecule has 1 aliphatic rings. The molecule has 1 saturated heterocycles. The number of aromatic nitrogens is 4. The summed E-state index contributed by atoms with van der Waals surface area (Å²) in [5, 5.41) is 5.50. The molecule has 0 aromatic carbocycles. The molecule has 0 saturated carbocycles. The molecule has 1 aliphatic heterocycles. The minimum Gasteiger partial charge on any atom is -0.357 e. The molecule has 0 amide bonds. The van der Waals surface area contributed by atoms with E-state index in [9.17, 15) is 18.0 Å². The quantitative estimate of drug-likeness (QED) is 0.594. The lowest BCUT2D eigenvalue weighted by Crippen LogP contribution is -2.37. The number of aryl methyl sites for hydroxylation is 2. The van der Waals surface area contributed by atoms with Crippen LogP contribution in [-0.4, -0.2) is 32.8 Å². The number of pyridine rings is 1. The van der Waals surface area contributed by atoms with E-state index in [0.29, 0.717) is 25.5 Å². The van der Waals surface area contributed by atoms with Crippen molar-refractivity contribution in [2.24, 2.45) is 5.92 Å². The summed E-state index contributed by atoms with van der Waals surface area (Å²) in [6.07, 6.45) is -1.70. The molecular formula is C21H22F3N5OS. The lowest BCUT2D eigenvalue weighted by molar-refractivity contribution is -0.137. The highest BCUT2D eigenvalue weighted by Crippen LogP contribution is 2.32. The number of nitrogens with zero attached hydrogens (tertiary/aromatic N) is 5. The normalized spacial score (nSPS) is 15.5. The van der Waals surface area contributed by atoms with Gasteiger partial charge < -0.3 is 4.90 Å². The number of thiazole rings is 1. The fraction of sp³-hybridized carbons (Fsp3) is 0.429. The fourth-order valence-corrected chi connectivity index (χ4v) is 4.71. The number of hydrogen-bond acceptors (Lipinski definition) is 6. The second-order valence-corrected chi connectivity index (χ2v) is 8.92. The molecule has 10 heteroatoms. The summed E-state index contributed by atoms with van der Waals surface area (Å²) in [5.41, 5.74) is 0.765. The Balaban J connectivity index is 1.44.